The van der Waals surface area contributed by atoms with Crippen molar-refractivity contribution in [1.82, 2.24) is 4.98 Å². The van der Waals surface area contributed by atoms with Gasteiger partial charge in [-0.2, -0.15) is 5.10 Å². The van der Waals surface area contributed by atoms with E-state index in [1.54, 1.807) is 0 Å². The number of hydrogen-bond donors (Lipinski definition) is 1. The predicted molar refractivity (Wildman–Crippen MR) is 115 cm³/mol. The highest BCUT2D eigenvalue weighted by Crippen LogP contribution is 2.46. The van der Waals surface area contributed by atoms with Gasteiger partial charge in [-0.25, -0.2) is 4.98 Å². The molecule has 0 amide bonds. The highest BCUT2D eigenvalue weighted by molar-refractivity contribution is 5.84. The van der Waals surface area contributed by atoms with Gasteiger partial charge in [-0.1, -0.05) is 50.2 Å². The molecule has 1 aliphatic rings. The predicted octanol–water partition coefficient (Wildman–Crippen LogP) is 5.25. The molecular weight excluding hydrogens is 332 g/mol. The summed E-state index contributed by atoms with van der Waals surface area (Å²) in [4.78, 5) is 6.86. The van der Waals surface area contributed by atoms with Crippen molar-refractivity contribution in [1.29, 1.82) is 0 Å². The van der Waals surface area contributed by atoms with Crippen molar-refractivity contribution >= 4 is 28.6 Å². The second kappa shape index (κ2) is 6.54. The maximum absolute atomic E-state index is 4.63. The Morgan fingerprint density at radius 1 is 1.07 bits per heavy atom. The van der Waals surface area contributed by atoms with E-state index < -0.39 is 0 Å². The van der Waals surface area contributed by atoms with Gasteiger partial charge in [0.25, 0.3) is 0 Å². The van der Waals surface area contributed by atoms with E-state index in [-0.39, 0.29) is 5.41 Å². The van der Waals surface area contributed by atoms with E-state index in [4.69, 9.17) is 0 Å². The summed E-state index contributed by atoms with van der Waals surface area (Å²) in [6.07, 6.45) is 3.88. The van der Waals surface area contributed by atoms with Crippen molar-refractivity contribution < 1.29 is 0 Å². The van der Waals surface area contributed by atoms with E-state index >= 15 is 0 Å². The SMILES string of the molecule is Cc1cc(N/N=C\C=C2/N(C)c3ccccc3C2(C)C)nc2ccccc12. The molecular formula is C23H24N4. The molecule has 0 spiro atoms. The Bertz CT molecular complexity index is 1060. The van der Waals surface area contributed by atoms with Gasteiger partial charge in [-0.3, -0.25) is 5.43 Å². The summed E-state index contributed by atoms with van der Waals surface area (Å²) >= 11 is 0. The lowest BCUT2D eigenvalue weighted by Crippen LogP contribution is -2.23. The summed E-state index contributed by atoms with van der Waals surface area (Å²) in [7, 11) is 2.11. The van der Waals surface area contributed by atoms with E-state index in [0.29, 0.717) is 0 Å². The number of rotatable bonds is 3. The monoisotopic (exact) mass is 356 g/mol. The molecule has 1 N–H and O–H groups in total. The molecule has 4 rings (SSSR count). The zero-order valence-electron chi connectivity index (χ0n) is 16.2. The van der Waals surface area contributed by atoms with Crippen LogP contribution < -0.4 is 10.3 Å². The summed E-state index contributed by atoms with van der Waals surface area (Å²) in [6, 6.07) is 18.7. The Balaban J connectivity index is 1.56. The Labute approximate surface area is 160 Å². The molecule has 4 nitrogen and oxygen atoms in total. The van der Waals surface area contributed by atoms with Crippen molar-refractivity contribution in [2.45, 2.75) is 26.2 Å². The first-order valence-electron chi connectivity index (χ1n) is 9.18. The molecule has 0 unspecified atom stereocenters. The number of allylic oxidation sites excluding steroid dienone is 2. The van der Waals surface area contributed by atoms with Crippen molar-refractivity contribution in [2.75, 3.05) is 17.4 Å². The van der Waals surface area contributed by atoms with Crippen LogP contribution in [-0.4, -0.2) is 18.2 Å². The Hall–Kier alpha value is -3.14. The molecule has 27 heavy (non-hydrogen) atoms. The first-order valence-corrected chi connectivity index (χ1v) is 9.18. The van der Waals surface area contributed by atoms with Gasteiger partial charge >= 0.3 is 0 Å². The van der Waals surface area contributed by atoms with Crippen molar-refractivity contribution in [3.05, 3.63) is 77.5 Å². The molecule has 3 aromatic rings. The molecule has 0 aliphatic carbocycles. The van der Waals surface area contributed by atoms with Crippen LogP contribution in [-0.2, 0) is 5.41 Å². The molecule has 136 valence electrons. The maximum atomic E-state index is 4.63. The minimum absolute atomic E-state index is 0.0465. The van der Waals surface area contributed by atoms with Crippen LogP contribution in [0.25, 0.3) is 10.9 Å². The second-order valence-electron chi connectivity index (χ2n) is 7.48. The minimum Gasteiger partial charge on any atom is -0.347 e. The standard InChI is InChI=1S/C23H24N4/c1-16-15-22(25-19-11-7-5-9-17(16)19)26-24-14-13-21-23(2,3)18-10-6-8-12-20(18)27(21)4/h5-15H,1-4H3,(H,25,26)/b21-13-,24-14-. The first kappa shape index (κ1) is 17.3. The molecule has 2 heterocycles. The molecule has 1 aromatic heterocycles. The van der Waals surface area contributed by atoms with E-state index in [2.05, 4.69) is 84.6 Å². The smallest absolute Gasteiger partial charge is 0.147 e. The lowest BCUT2D eigenvalue weighted by atomic mass is 9.84. The summed E-state index contributed by atoms with van der Waals surface area (Å²) in [5.74, 6) is 0.753. The number of para-hydroxylation sites is 2. The number of likely N-dealkylation sites (N-methyl/N-ethyl adjacent to an activating group) is 1. The van der Waals surface area contributed by atoms with E-state index in [9.17, 15) is 0 Å². The van der Waals surface area contributed by atoms with Crippen LogP contribution >= 0.6 is 0 Å². The van der Waals surface area contributed by atoms with Crippen LogP contribution in [0.2, 0.25) is 0 Å². The van der Waals surface area contributed by atoms with Crippen LogP contribution in [0.15, 0.2) is 71.5 Å². The number of aryl methyl sites for hydroxylation is 1. The van der Waals surface area contributed by atoms with Gasteiger partial charge in [-0.15, -0.1) is 0 Å². The number of aromatic nitrogens is 1. The Morgan fingerprint density at radius 3 is 2.63 bits per heavy atom. The van der Waals surface area contributed by atoms with Gasteiger partial charge in [0, 0.05) is 35.4 Å². The van der Waals surface area contributed by atoms with Gasteiger partial charge in [0.1, 0.15) is 5.82 Å². The largest absolute Gasteiger partial charge is 0.347 e. The Morgan fingerprint density at radius 2 is 1.81 bits per heavy atom. The lowest BCUT2D eigenvalue weighted by Gasteiger charge is -2.23. The van der Waals surface area contributed by atoms with Crippen molar-refractivity contribution in [3.8, 4) is 0 Å². The number of anilines is 2. The average Bonchev–Trinajstić information content (AvgIpc) is 2.86. The summed E-state index contributed by atoms with van der Waals surface area (Å²) in [5.41, 5.74) is 8.98. The van der Waals surface area contributed by atoms with E-state index in [1.807, 2.05) is 30.5 Å². The molecule has 2 aromatic carbocycles. The number of pyridine rings is 1. The zero-order chi connectivity index (χ0) is 19.0. The first-order chi connectivity index (χ1) is 13.0. The minimum atomic E-state index is -0.0465. The summed E-state index contributed by atoms with van der Waals surface area (Å²) in [6.45, 7) is 6.58. The average molecular weight is 356 g/mol. The molecule has 0 radical (unpaired) electrons. The van der Waals surface area contributed by atoms with Gasteiger partial charge in [0.2, 0.25) is 0 Å². The molecule has 0 saturated carbocycles. The van der Waals surface area contributed by atoms with Crippen LogP contribution in [0.4, 0.5) is 11.5 Å². The number of hydrazone groups is 1. The fourth-order valence-corrected chi connectivity index (χ4v) is 3.92. The van der Waals surface area contributed by atoms with Gasteiger partial charge in [-0.05, 0) is 42.3 Å². The molecule has 4 heteroatoms. The Kier molecular flexibility index (Phi) is 4.19. The highest BCUT2D eigenvalue weighted by atomic mass is 15.3. The van der Waals surface area contributed by atoms with Crippen LogP contribution in [0.3, 0.4) is 0 Å². The van der Waals surface area contributed by atoms with Gasteiger partial charge in [0.15, 0.2) is 0 Å². The van der Waals surface area contributed by atoms with E-state index in [1.165, 1.54) is 27.9 Å². The van der Waals surface area contributed by atoms with Crippen LogP contribution in [0.1, 0.15) is 25.0 Å². The van der Waals surface area contributed by atoms with Crippen molar-refractivity contribution in [3.63, 3.8) is 0 Å². The molecule has 0 bridgehead atoms. The number of hydrogen-bond acceptors (Lipinski definition) is 4. The quantitative estimate of drug-likeness (QED) is 0.514. The fraction of sp³-hybridized carbons (Fsp3) is 0.217. The maximum Gasteiger partial charge on any atom is 0.147 e. The molecule has 0 fully saturated rings. The number of fused-ring (bicyclic) bond motifs is 2. The highest BCUT2D eigenvalue weighted by Gasteiger charge is 2.37. The van der Waals surface area contributed by atoms with Gasteiger partial charge < -0.3 is 4.90 Å². The molecule has 0 atom stereocenters. The number of nitrogens with zero attached hydrogens (tertiary/aromatic N) is 3. The van der Waals surface area contributed by atoms with Crippen LogP contribution in [0, 0.1) is 6.92 Å². The zero-order valence-corrected chi connectivity index (χ0v) is 16.2. The second-order valence-corrected chi connectivity index (χ2v) is 7.48. The third-order valence-corrected chi connectivity index (χ3v) is 5.35. The summed E-state index contributed by atoms with van der Waals surface area (Å²) in [5, 5.41) is 5.54. The topological polar surface area (TPSA) is 40.5 Å². The molecule has 0 saturated heterocycles. The number of benzene rings is 2. The van der Waals surface area contributed by atoms with E-state index in [0.717, 1.165) is 11.3 Å². The molecule has 1 aliphatic heterocycles. The third kappa shape index (κ3) is 2.97. The van der Waals surface area contributed by atoms with Crippen LogP contribution in [0.5, 0.6) is 0 Å². The lowest BCUT2D eigenvalue weighted by molar-refractivity contribution is 0.641. The number of nitrogens with one attached hydrogen (secondary N) is 1. The summed E-state index contributed by atoms with van der Waals surface area (Å²) < 4.78 is 0. The van der Waals surface area contributed by atoms with Gasteiger partial charge in [0.05, 0.1) is 5.52 Å². The normalized spacial score (nSPS) is 17.0. The fourth-order valence-electron chi connectivity index (χ4n) is 3.92. The van der Waals surface area contributed by atoms with Crippen molar-refractivity contribution in [2.24, 2.45) is 5.10 Å². The third-order valence-electron chi connectivity index (χ3n) is 5.35.